The zero-order valence-corrected chi connectivity index (χ0v) is 18.4. The van der Waals surface area contributed by atoms with Crippen molar-refractivity contribution in [3.8, 4) is 17.2 Å². The van der Waals surface area contributed by atoms with Gasteiger partial charge in [-0.15, -0.1) is 0 Å². The summed E-state index contributed by atoms with van der Waals surface area (Å²) < 4.78 is 17.3. The van der Waals surface area contributed by atoms with E-state index in [1.165, 1.54) is 5.56 Å². The summed E-state index contributed by atoms with van der Waals surface area (Å²) in [6.45, 7) is 2.09. The van der Waals surface area contributed by atoms with Crippen molar-refractivity contribution in [2.24, 2.45) is 5.10 Å². The first-order chi connectivity index (χ1) is 15.1. The van der Waals surface area contributed by atoms with Crippen LogP contribution in [0.5, 0.6) is 17.2 Å². The molecule has 2 aliphatic rings. The van der Waals surface area contributed by atoms with Crippen LogP contribution in [0.15, 0.2) is 65.8 Å². The smallest absolute Gasteiger partial charge is 0.214 e. The van der Waals surface area contributed by atoms with Crippen LogP contribution >= 0.6 is 11.6 Å². The minimum absolute atomic E-state index is 0.0387. The molecule has 0 radical (unpaired) electrons. The van der Waals surface area contributed by atoms with E-state index in [1.54, 1.807) is 14.2 Å². The van der Waals surface area contributed by atoms with Crippen molar-refractivity contribution in [2.75, 3.05) is 14.2 Å². The van der Waals surface area contributed by atoms with E-state index in [9.17, 15) is 0 Å². The summed E-state index contributed by atoms with van der Waals surface area (Å²) >= 11 is 6.32. The maximum atomic E-state index is 6.43. The summed E-state index contributed by atoms with van der Waals surface area (Å²) in [5, 5.41) is 7.73. The second kappa shape index (κ2) is 7.82. The van der Waals surface area contributed by atoms with Gasteiger partial charge in [0.25, 0.3) is 0 Å². The topological polar surface area (TPSA) is 43.3 Å². The molecule has 0 fully saturated rings. The second-order valence-electron chi connectivity index (χ2n) is 7.78. The van der Waals surface area contributed by atoms with E-state index in [2.05, 4.69) is 31.2 Å². The summed E-state index contributed by atoms with van der Waals surface area (Å²) in [6, 6.07) is 20.1. The molecule has 2 heterocycles. The van der Waals surface area contributed by atoms with E-state index in [-0.39, 0.29) is 12.3 Å². The van der Waals surface area contributed by atoms with Crippen LogP contribution in [-0.4, -0.2) is 24.9 Å². The number of benzene rings is 3. The molecule has 5 rings (SSSR count). The SMILES string of the molecule is COc1ccc([C@@H]2Oc3ccc(Cl)cc3[C@H]3CC(c4ccc(C)cc4)=NN32)cc1OC. The largest absolute Gasteiger partial charge is 0.493 e. The fraction of sp³-hybridized carbons (Fsp3) is 0.240. The Morgan fingerprint density at radius 2 is 1.74 bits per heavy atom. The molecule has 6 heteroatoms. The predicted octanol–water partition coefficient (Wildman–Crippen LogP) is 5.91. The van der Waals surface area contributed by atoms with Crippen LogP contribution in [0.1, 0.15) is 40.9 Å². The zero-order chi connectivity index (χ0) is 21.5. The maximum Gasteiger partial charge on any atom is 0.214 e. The molecule has 0 saturated carbocycles. The first-order valence-electron chi connectivity index (χ1n) is 10.2. The van der Waals surface area contributed by atoms with Gasteiger partial charge in [-0.05, 0) is 48.9 Å². The van der Waals surface area contributed by atoms with E-state index in [1.807, 2.05) is 41.4 Å². The zero-order valence-electron chi connectivity index (χ0n) is 17.6. The molecule has 2 atom stereocenters. The van der Waals surface area contributed by atoms with E-state index < -0.39 is 0 Å². The number of hydrazone groups is 1. The highest BCUT2D eigenvalue weighted by Gasteiger charge is 2.41. The van der Waals surface area contributed by atoms with Crippen molar-refractivity contribution >= 4 is 17.3 Å². The Kier molecular flexibility index (Phi) is 4.98. The van der Waals surface area contributed by atoms with Crippen LogP contribution in [0.2, 0.25) is 5.02 Å². The summed E-state index contributed by atoms with van der Waals surface area (Å²) in [4.78, 5) is 0. The number of halogens is 1. The molecule has 0 amide bonds. The molecule has 3 aromatic rings. The lowest BCUT2D eigenvalue weighted by molar-refractivity contribution is -0.0191. The molecule has 0 aromatic heterocycles. The van der Waals surface area contributed by atoms with Gasteiger partial charge in [-0.2, -0.15) is 5.10 Å². The lowest BCUT2D eigenvalue weighted by Gasteiger charge is -2.38. The molecular formula is C25H23ClN2O3. The maximum absolute atomic E-state index is 6.43. The molecule has 5 nitrogen and oxygen atoms in total. The van der Waals surface area contributed by atoms with Crippen LogP contribution in [0.3, 0.4) is 0 Å². The average molecular weight is 435 g/mol. The Morgan fingerprint density at radius 3 is 2.48 bits per heavy atom. The van der Waals surface area contributed by atoms with E-state index in [0.717, 1.165) is 34.6 Å². The quantitative estimate of drug-likeness (QED) is 0.512. The number of aryl methyl sites for hydroxylation is 1. The Bertz CT molecular complexity index is 1160. The number of ether oxygens (including phenoxy) is 3. The van der Waals surface area contributed by atoms with Crippen LogP contribution in [0.25, 0.3) is 0 Å². The third-order valence-corrected chi connectivity index (χ3v) is 6.06. The van der Waals surface area contributed by atoms with Crippen molar-refractivity contribution in [3.63, 3.8) is 0 Å². The van der Waals surface area contributed by atoms with E-state index >= 15 is 0 Å². The van der Waals surface area contributed by atoms with Gasteiger partial charge in [-0.1, -0.05) is 41.4 Å². The molecule has 0 aliphatic carbocycles. The third kappa shape index (κ3) is 3.49. The third-order valence-electron chi connectivity index (χ3n) is 5.83. The highest BCUT2D eigenvalue weighted by molar-refractivity contribution is 6.30. The number of hydrogen-bond acceptors (Lipinski definition) is 5. The number of methoxy groups -OCH3 is 2. The molecule has 0 unspecified atom stereocenters. The molecule has 0 saturated heterocycles. The Hall–Kier alpha value is -3.18. The van der Waals surface area contributed by atoms with Gasteiger partial charge in [-0.25, -0.2) is 5.01 Å². The number of rotatable bonds is 4. The predicted molar refractivity (Wildman–Crippen MR) is 121 cm³/mol. The van der Waals surface area contributed by atoms with Gasteiger partial charge in [0.05, 0.1) is 26.0 Å². The van der Waals surface area contributed by atoms with Crippen molar-refractivity contribution in [3.05, 3.63) is 87.9 Å². The average Bonchev–Trinajstić information content (AvgIpc) is 3.24. The lowest BCUT2D eigenvalue weighted by atomic mass is 9.95. The Labute approximate surface area is 186 Å². The van der Waals surface area contributed by atoms with Gasteiger partial charge in [0.2, 0.25) is 6.23 Å². The minimum Gasteiger partial charge on any atom is -0.493 e. The van der Waals surface area contributed by atoms with Gasteiger partial charge in [0.15, 0.2) is 11.5 Å². The Morgan fingerprint density at radius 1 is 0.968 bits per heavy atom. The normalized spacial score (nSPS) is 19.2. The standard InChI is InChI=1S/C25H23ClN2O3/c1-15-4-6-16(7-5-15)20-14-21-19-13-18(26)9-11-22(19)31-25(28(21)27-20)17-8-10-23(29-2)24(12-17)30-3/h4-13,21,25H,14H2,1-3H3/t21-,25+/m1/s1. The van der Waals surface area contributed by atoms with Crippen molar-refractivity contribution in [1.82, 2.24) is 5.01 Å². The molecule has 0 spiro atoms. The van der Waals surface area contributed by atoms with Crippen LogP contribution < -0.4 is 14.2 Å². The summed E-state index contributed by atoms with van der Waals surface area (Å²) in [7, 11) is 3.26. The van der Waals surface area contributed by atoms with E-state index in [0.29, 0.717) is 16.5 Å². The number of hydrogen-bond donors (Lipinski definition) is 0. The molecule has 0 N–H and O–H groups in total. The Balaban J connectivity index is 1.60. The first-order valence-corrected chi connectivity index (χ1v) is 10.6. The van der Waals surface area contributed by atoms with E-state index in [4.69, 9.17) is 30.9 Å². The first kappa shape index (κ1) is 19.8. The van der Waals surface area contributed by atoms with Crippen molar-refractivity contribution in [1.29, 1.82) is 0 Å². The number of nitrogens with zero attached hydrogens (tertiary/aromatic N) is 2. The van der Waals surface area contributed by atoms with Gasteiger partial charge in [0.1, 0.15) is 5.75 Å². The van der Waals surface area contributed by atoms with Crippen LogP contribution in [0, 0.1) is 6.92 Å². The fourth-order valence-corrected chi connectivity index (χ4v) is 4.39. The van der Waals surface area contributed by atoms with Gasteiger partial charge < -0.3 is 14.2 Å². The van der Waals surface area contributed by atoms with Gasteiger partial charge in [0, 0.05) is 22.6 Å². The van der Waals surface area contributed by atoms with Crippen LogP contribution in [-0.2, 0) is 0 Å². The summed E-state index contributed by atoms with van der Waals surface area (Å²) in [5.74, 6) is 2.16. The summed E-state index contributed by atoms with van der Waals surface area (Å²) in [5.41, 5.74) is 5.37. The second-order valence-corrected chi connectivity index (χ2v) is 8.22. The van der Waals surface area contributed by atoms with Crippen LogP contribution in [0.4, 0.5) is 0 Å². The summed E-state index contributed by atoms with van der Waals surface area (Å²) in [6.07, 6.45) is 0.394. The molecule has 158 valence electrons. The molecular weight excluding hydrogens is 412 g/mol. The highest BCUT2D eigenvalue weighted by Crippen LogP contribution is 2.48. The monoisotopic (exact) mass is 434 g/mol. The molecule has 3 aromatic carbocycles. The van der Waals surface area contributed by atoms with Crippen molar-refractivity contribution in [2.45, 2.75) is 25.6 Å². The molecule has 31 heavy (non-hydrogen) atoms. The van der Waals surface area contributed by atoms with Crippen molar-refractivity contribution < 1.29 is 14.2 Å². The van der Waals surface area contributed by atoms with Gasteiger partial charge >= 0.3 is 0 Å². The van der Waals surface area contributed by atoms with Gasteiger partial charge in [-0.3, -0.25) is 0 Å². The highest BCUT2D eigenvalue weighted by atomic mass is 35.5. The number of fused-ring (bicyclic) bond motifs is 3. The molecule has 0 bridgehead atoms. The minimum atomic E-state index is -0.388. The fourth-order valence-electron chi connectivity index (χ4n) is 4.20. The molecule has 2 aliphatic heterocycles. The lowest BCUT2D eigenvalue weighted by Crippen LogP contribution is -2.33.